The molecule has 5 nitrogen and oxygen atoms in total. The maximum atomic E-state index is 10.8. The second kappa shape index (κ2) is 2.58. The van der Waals surface area contributed by atoms with Gasteiger partial charge >= 0.3 is 5.97 Å². The molecule has 0 spiro atoms. The number of piperidine rings is 1. The summed E-state index contributed by atoms with van der Waals surface area (Å²) in [7, 11) is 0. The molecule has 0 aliphatic carbocycles. The molecule has 1 saturated heterocycles. The molecule has 0 aromatic rings. The molecule has 1 aliphatic heterocycles. The Morgan fingerprint density at radius 1 is 1.42 bits per heavy atom. The number of hydrogen-bond acceptors (Lipinski definition) is 3. The van der Waals surface area contributed by atoms with Gasteiger partial charge in [-0.2, -0.15) is 0 Å². The summed E-state index contributed by atoms with van der Waals surface area (Å²) in [5.41, 5.74) is -1.22. The van der Waals surface area contributed by atoms with E-state index in [0.717, 1.165) is 0 Å². The Bertz CT molecular complexity index is 242. The van der Waals surface area contributed by atoms with E-state index >= 15 is 0 Å². The summed E-state index contributed by atoms with van der Waals surface area (Å²) in [5.74, 6) is -2.14. The van der Waals surface area contributed by atoms with Crippen LogP contribution < -0.4 is 5.32 Å². The third-order valence-electron chi connectivity index (χ3n) is 1.90. The fourth-order valence-electron chi connectivity index (χ4n) is 1.17. The van der Waals surface area contributed by atoms with Crippen molar-refractivity contribution in [2.24, 2.45) is 5.41 Å². The van der Waals surface area contributed by atoms with Crippen LogP contribution in [-0.2, 0) is 14.4 Å². The van der Waals surface area contributed by atoms with Gasteiger partial charge in [-0.1, -0.05) is 0 Å². The number of carbonyl (C=O) groups excluding carboxylic acids is 2. The highest BCUT2D eigenvalue weighted by Gasteiger charge is 2.41. The molecule has 0 aromatic heterocycles. The molecule has 1 aliphatic rings. The molecule has 0 unspecified atom stereocenters. The minimum Gasteiger partial charge on any atom is -0.481 e. The summed E-state index contributed by atoms with van der Waals surface area (Å²) in [5, 5.41) is 10.7. The summed E-state index contributed by atoms with van der Waals surface area (Å²) in [4.78, 5) is 32.2. The third kappa shape index (κ3) is 1.44. The summed E-state index contributed by atoms with van der Waals surface area (Å²) < 4.78 is 0. The lowest BCUT2D eigenvalue weighted by Crippen LogP contribution is -2.46. The lowest BCUT2D eigenvalue weighted by molar-refractivity contribution is -0.156. The monoisotopic (exact) mass is 171 g/mol. The molecule has 0 aromatic carbocycles. The lowest BCUT2D eigenvalue weighted by atomic mass is 9.80. The standard InChI is InChI=1S/C7H9NO4/c1-7(6(11)12)2-4(9)8-5(10)3-7/h2-3H2,1H3,(H,11,12)(H,8,9,10). The number of rotatable bonds is 1. The number of hydrogen-bond donors (Lipinski definition) is 2. The first-order valence-corrected chi connectivity index (χ1v) is 3.50. The number of amides is 2. The molecule has 0 bridgehead atoms. The van der Waals surface area contributed by atoms with Gasteiger partial charge in [0.15, 0.2) is 0 Å². The number of nitrogens with one attached hydrogen (secondary N) is 1. The van der Waals surface area contributed by atoms with E-state index in [-0.39, 0.29) is 12.8 Å². The fraction of sp³-hybridized carbons (Fsp3) is 0.571. The van der Waals surface area contributed by atoms with E-state index in [4.69, 9.17) is 5.11 Å². The number of carbonyl (C=O) groups is 3. The summed E-state index contributed by atoms with van der Waals surface area (Å²) in [6.45, 7) is 1.39. The van der Waals surface area contributed by atoms with Crippen molar-refractivity contribution in [1.29, 1.82) is 0 Å². The fourth-order valence-corrected chi connectivity index (χ4v) is 1.17. The maximum Gasteiger partial charge on any atom is 0.310 e. The number of carboxylic acids is 1. The Morgan fingerprint density at radius 3 is 2.17 bits per heavy atom. The molecular weight excluding hydrogens is 162 g/mol. The Kier molecular flexibility index (Phi) is 1.87. The first-order chi connectivity index (χ1) is 5.44. The molecule has 0 saturated carbocycles. The zero-order valence-corrected chi connectivity index (χ0v) is 6.59. The average Bonchev–Trinajstić information content (AvgIpc) is 1.82. The van der Waals surface area contributed by atoms with Crippen LogP contribution in [-0.4, -0.2) is 22.9 Å². The van der Waals surface area contributed by atoms with E-state index in [9.17, 15) is 14.4 Å². The molecule has 1 heterocycles. The zero-order chi connectivity index (χ0) is 9.35. The SMILES string of the molecule is CC1(C(=O)O)CC(=O)NC(=O)C1. The highest BCUT2D eigenvalue weighted by molar-refractivity contribution is 6.02. The molecule has 5 heteroatoms. The van der Waals surface area contributed by atoms with Gasteiger partial charge in [0.2, 0.25) is 11.8 Å². The van der Waals surface area contributed by atoms with Crippen LogP contribution in [0.15, 0.2) is 0 Å². The van der Waals surface area contributed by atoms with E-state index in [1.165, 1.54) is 6.92 Å². The van der Waals surface area contributed by atoms with Crippen molar-refractivity contribution in [3.05, 3.63) is 0 Å². The quantitative estimate of drug-likeness (QED) is 0.521. The van der Waals surface area contributed by atoms with Crippen LogP contribution in [0.3, 0.4) is 0 Å². The lowest BCUT2D eigenvalue weighted by Gasteiger charge is -2.27. The molecule has 2 amide bonds. The van der Waals surface area contributed by atoms with Gasteiger partial charge < -0.3 is 5.11 Å². The number of carboxylic acid groups (broad SMARTS) is 1. The van der Waals surface area contributed by atoms with Crippen LogP contribution in [0.1, 0.15) is 19.8 Å². The van der Waals surface area contributed by atoms with Gasteiger partial charge in [-0.25, -0.2) is 0 Å². The summed E-state index contributed by atoms with van der Waals surface area (Å²) >= 11 is 0. The van der Waals surface area contributed by atoms with E-state index < -0.39 is 23.2 Å². The van der Waals surface area contributed by atoms with Gasteiger partial charge in [0, 0.05) is 12.8 Å². The normalized spacial score (nSPS) is 21.8. The second-order valence-corrected chi connectivity index (χ2v) is 3.19. The molecule has 66 valence electrons. The zero-order valence-electron chi connectivity index (χ0n) is 6.59. The Hall–Kier alpha value is -1.39. The Labute approximate surface area is 68.8 Å². The minimum absolute atomic E-state index is 0.131. The van der Waals surface area contributed by atoms with E-state index in [1.807, 2.05) is 5.32 Å². The van der Waals surface area contributed by atoms with Crippen LogP contribution in [0.5, 0.6) is 0 Å². The van der Waals surface area contributed by atoms with Crippen molar-refractivity contribution in [3.8, 4) is 0 Å². The molecule has 0 radical (unpaired) electrons. The molecular formula is C7H9NO4. The van der Waals surface area contributed by atoms with Gasteiger partial charge in [0.05, 0.1) is 5.41 Å². The van der Waals surface area contributed by atoms with Crippen molar-refractivity contribution in [1.82, 2.24) is 5.32 Å². The maximum absolute atomic E-state index is 10.8. The second-order valence-electron chi connectivity index (χ2n) is 3.19. The van der Waals surface area contributed by atoms with Gasteiger partial charge in [0.1, 0.15) is 0 Å². The number of aliphatic carboxylic acids is 1. The predicted molar refractivity (Wildman–Crippen MR) is 38.1 cm³/mol. The molecule has 12 heavy (non-hydrogen) atoms. The largest absolute Gasteiger partial charge is 0.481 e. The van der Waals surface area contributed by atoms with Crippen LogP contribution >= 0.6 is 0 Å². The smallest absolute Gasteiger partial charge is 0.310 e. The molecule has 0 atom stereocenters. The summed E-state index contributed by atoms with van der Waals surface area (Å²) in [6, 6.07) is 0. The van der Waals surface area contributed by atoms with E-state index in [1.54, 1.807) is 0 Å². The summed E-state index contributed by atoms with van der Waals surface area (Å²) in [6.07, 6.45) is -0.262. The van der Waals surface area contributed by atoms with Gasteiger partial charge in [-0.15, -0.1) is 0 Å². The third-order valence-corrected chi connectivity index (χ3v) is 1.90. The molecule has 1 rings (SSSR count). The van der Waals surface area contributed by atoms with Gasteiger partial charge in [-0.05, 0) is 6.92 Å². The minimum atomic E-state index is -1.22. The van der Waals surface area contributed by atoms with Crippen molar-refractivity contribution in [2.45, 2.75) is 19.8 Å². The molecule has 2 N–H and O–H groups in total. The Morgan fingerprint density at radius 2 is 1.83 bits per heavy atom. The van der Waals surface area contributed by atoms with Crippen LogP contribution in [0, 0.1) is 5.41 Å². The Balaban J connectivity index is 2.85. The first-order valence-electron chi connectivity index (χ1n) is 3.50. The topological polar surface area (TPSA) is 83.5 Å². The molecule has 1 fully saturated rings. The highest BCUT2D eigenvalue weighted by atomic mass is 16.4. The highest BCUT2D eigenvalue weighted by Crippen LogP contribution is 2.28. The van der Waals surface area contributed by atoms with Crippen molar-refractivity contribution in [3.63, 3.8) is 0 Å². The van der Waals surface area contributed by atoms with Gasteiger partial charge in [-0.3, -0.25) is 19.7 Å². The van der Waals surface area contributed by atoms with Crippen molar-refractivity contribution in [2.75, 3.05) is 0 Å². The predicted octanol–water partition coefficient (Wildman–Crippen LogP) is -0.486. The van der Waals surface area contributed by atoms with Crippen LogP contribution in [0.4, 0.5) is 0 Å². The van der Waals surface area contributed by atoms with Crippen LogP contribution in [0.2, 0.25) is 0 Å². The first kappa shape index (κ1) is 8.70. The van der Waals surface area contributed by atoms with E-state index in [2.05, 4.69) is 0 Å². The van der Waals surface area contributed by atoms with Crippen LogP contribution in [0.25, 0.3) is 0 Å². The van der Waals surface area contributed by atoms with E-state index in [0.29, 0.717) is 0 Å². The van der Waals surface area contributed by atoms with Crippen molar-refractivity contribution < 1.29 is 19.5 Å². The average molecular weight is 171 g/mol. The number of imide groups is 1. The van der Waals surface area contributed by atoms with Crippen molar-refractivity contribution >= 4 is 17.8 Å². The van der Waals surface area contributed by atoms with Gasteiger partial charge in [0.25, 0.3) is 0 Å².